The van der Waals surface area contributed by atoms with E-state index in [1.165, 1.54) is 24.3 Å². The molecule has 1 aliphatic heterocycles. The van der Waals surface area contributed by atoms with Crippen LogP contribution in [0.25, 0.3) is 10.9 Å². The Bertz CT molecular complexity index is 1200. The SMILES string of the molecule is Cc1c(C(=O)c2ccc(N(C)C(=O)C(F)(F)F)cc2)c2ccccc2n1CCN1CCOCC1. The lowest BCUT2D eigenvalue weighted by molar-refractivity contribution is -0.170. The summed E-state index contributed by atoms with van der Waals surface area (Å²) in [5.41, 5.74) is 2.78. The van der Waals surface area contributed by atoms with Crippen molar-refractivity contribution in [1.82, 2.24) is 9.47 Å². The molecule has 6 nitrogen and oxygen atoms in total. The summed E-state index contributed by atoms with van der Waals surface area (Å²) in [5.74, 6) is -2.18. The lowest BCUT2D eigenvalue weighted by Crippen LogP contribution is -2.38. The molecular formula is C25H26F3N3O3. The maximum absolute atomic E-state index is 13.5. The van der Waals surface area contributed by atoms with Crippen LogP contribution in [-0.4, -0.2) is 67.2 Å². The van der Waals surface area contributed by atoms with Crippen LogP contribution >= 0.6 is 0 Å². The number of halogens is 3. The summed E-state index contributed by atoms with van der Waals surface area (Å²) in [6, 6.07) is 13.3. The Labute approximate surface area is 195 Å². The van der Waals surface area contributed by atoms with Gasteiger partial charge in [0.2, 0.25) is 0 Å². The summed E-state index contributed by atoms with van der Waals surface area (Å²) >= 11 is 0. The average molecular weight is 473 g/mol. The highest BCUT2D eigenvalue weighted by Crippen LogP contribution is 2.29. The smallest absolute Gasteiger partial charge is 0.379 e. The number of rotatable bonds is 6. The van der Waals surface area contributed by atoms with Crippen LogP contribution in [0.1, 0.15) is 21.6 Å². The van der Waals surface area contributed by atoms with Crippen LogP contribution in [0, 0.1) is 6.92 Å². The second-order valence-corrected chi connectivity index (χ2v) is 8.32. The van der Waals surface area contributed by atoms with Gasteiger partial charge in [-0.2, -0.15) is 13.2 Å². The third kappa shape index (κ3) is 4.71. The Morgan fingerprint density at radius 3 is 2.29 bits per heavy atom. The maximum Gasteiger partial charge on any atom is 0.471 e. The monoisotopic (exact) mass is 473 g/mol. The van der Waals surface area contributed by atoms with Gasteiger partial charge >= 0.3 is 12.1 Å². The standard InChI is InChI=1S/C25H26F3N3O3/c1-17-22(23(32)18-7-9-19(10-8-18)29(2)24(33)25(26,27)28)20-5-3-4-6-21(20)31(17)12-11-30-13-15-34-16-14-30/h3-10H,11-16H2,1-2H3. The normalized spacial score (nSPS) is 15.0. The summed E-state index contributed by atoms with van der Waals surface area (Å²) in [5, 5.41) is 0.834. The van der Waals surface area contributed by atoms with Crippen molar-refractivity contribution in [2.45, 2.75) is 19.6 Å². The van der Waals surface area contributed by atoms with Gasteiger partial charge in [0.05, 0.1) is 18.8 Å². The zero-order valence-electron chi connectivity index (χ0n) is 19.1. The number of morpholine rings is 1. The first-order valence-electron chi connectivity index (χ1n) is 11.1. The van der Waals surface area contributed by atoms with Gasteiger partial charge in [-0.3, -0.25) is 14.5 Å². The van der Waals surface area contributed by atoms with Crippen LogP contribution in [0.4, 0.5) is 18.9 Å². The molecule has 0 aliphatic carbocycles. The number of ether oxygens (including phenoxy) is 1. The van der Waals surface area contributed by atoms with E-state index in [0.717, 1.165) is 63.0 Å². The molecule has 0 bridgehead atoms. The Hall–Kier alpha value is -3.17. The van der Waals surface area contributed by atoms with Crippen LogP contribution in [0.15, 0.2) is 48.5 Å². The highest BCUT2D eigenvalue weighted by molar-refractivity contribution is 6.17. The first-order valence-corrected chi connectivity index (χ1v) is 11.1. The number of aromatic nitrogens is 1. The van der Waals surface area contributed by atoms with Crippen molar-refractivity contribution in [3.63, 3.8) is 0 Å². The number of fused-ring (bicyclic) bond motifs is 1. The minimum atomic E-state index is -4.97. The Kier molecular flexibility index (Phi) is 6.77. The molecule has 180 valence electrons. The molecule has 1 fully saturated rings. The molecule has 9 heteroatoms. The highest BCUT2D eigenvalue weighted by atomic mass is 19.4. The summed E-state index contributed by atoms with van der Waals surface area (Å²) in [6.07, 6.45) is -4.97. The van der Waals surface area contributed by atoms with Gasteiger partial charge in [0.15, 0.2) is 5.78 Å². The van der Waals surface area contributed by atoms with Crippen LogP contribution in [0.5, 0.6) is 0 Å². The van der Waals surface area contributed by atoms with Gasteiger partial charge in [0.1, 0.15) is 0 Å². The van der Waals surface area contributed by atoms with E-state index in [0.29, 0.717) is 16.0 Å². The van der Waals surface area contributed by atoms with Gasteiger partial charge in [0.25, 0.3) is 0 Å². The zero-order chi connectivity index (χ0) is 24.5. The fraction of sp³-hybridized carbons (Fsp3) is 0.360. The summed E-state index contributed by atoms with van der Waals surface area (Å²) in [6.45, 7) is 6.66. The van der Waals surface area contributed by atoms with E-state index in [-0.39, 0.29) is 11.5 Å². The van der Waals surface area contributed by atoms with E-state index in [1.54, 1.807) is 0 Å². The summed E-state index contributed by atoms with van der Waals surface area (Å²) in [4.78, 5) is 27.8. The van der Waals surface area contributed by atoms with Gasteiger partial charge in [-0.25, -0.2) is 0 Å². The second-order valence-electron chi connectivity index (χ2n) is 8.32. The van der Waals surface area contributed by atoms with Gasteiger partial charge < -0.3 is 14.2 Å². The van der Waals surface area contributed by atoms with Crippen LogP contribution in [-0.2, 0) is 16.1 Å². The number of nitrogens with zero attached hydrogens (tertiary/aromatic N) is 3. The number of carbonyl (C=O) groups is 2. The van der Waals surface area contributed by atoms with Crippen molar-refractivity contribution >= 4 is 28.3 Å². The molecule has 0 spiro atoms. The molecule has 0 unspecified atom stereocenters. The molecular weight excluding hydrogens is 447 g/mol. The number of amides is 1. The summed E-state index contributed by atoms with van der Waals surface area (Å²) in [7, 11) is 1.05. The molecule has 0 radical (unpaired) electrons. The predicted octanol–water partition coefficient (Wildman–Crippen LogP) is 4.04. The number of benzene rings is 2. The summed E-state index contributed by atoms with van der Waals surface area (Å²) < 4.78 is 45.8. The number of hydrogen-bond acceptors (Lipinski definition) is 4. The second kappa shape index (κ2) is 9.60. The fourth-order valence-electron chi connectivity index (χ4n) is 4.36. The quantitative estimate of drug-likeness (QED) is 0.507. The average Bonchev–Trinajstić information content (AvgIpc) is 3.12. The zero-order valence-corrected chi connectivity index (χ0v) is 19.1. The van der Waals surface area contributed by atoms with E-state index < -0.39 is 12.1 Å². The minimum Gasteiger partial charge on any atom is -0.379 e. The number of anilines is 1. The number of hydrogen-bond donors (Lipinski definition) is 0. The van der Waals surface area contributed by atoms with Crippen LogP contribution < -0.4 is 4.90 Å². The molecule has 0 N–H and O–H groups in total. The van der Waals surface area contributed by atoms with Crippen molar-refractivity contribution in [2.75, 3.05) is 44.8 Å². The van der Waals surface area contributed by atoms with Crippen molar-refractivity contribution < 1.29 is 27.5 Å². The first-order chi connectivity index (χ1) is 16.2. The highest BCUT2D eigenvalue weighted by Gasteiger charge is 2.41. The molecule has 1 amide bonds. The van der Waals surface area contributed by atoms with Crippen LogP contribution in [0.2, 0.25) is 0 Å². The molecule has 0 saturated carbocycles. The predicted molar refractivity (Wildman–Crippen MR) is 123 cm³/mol. The van der Waals surface area contributed by atoms with E-state index in [1.807, 2.05) is 31.2 Å². The third-order valence-corrected chi connectivity index (χ3v) is 6.27. The van der Waals surface area contributed by atoms with Gasteiger partial charge in [-0.05, 0) is 37.3 Å². The van der Waals surface area contributed by atoms with Gasteiger partial charge in [-0.1, -0.05) is 18.2 Å². The molecule has 3 aromatic rings. The molecule has 2 aromatic carbocycles. The third-order valence-electron chi connectivity index (χ3n) is 6.27. The Morgan fingerprint density at radius 2 is 1.65 bits per heavy atom. The number of alkyl halides is 3. The largest absolute Gasteiger partial charge is 0.471 e. The number of ketones is 1. The first kappa shape index (κ1) is 24.0. The lowest BCUT2D eigenvalue weighted by atomic mass is 10.00. The Balaban J connectivity index is 1.61. The lowest BCUT2D eigenvalue weighted by Gasteiger charge is -2.27. The number of para-hydroxylation sites is 1. The van der Waals surface area contributed by atoms with Gasteiger partial charge in [0, 0.05) is 61.1 Å². The van der Waals surface area contributed by atoms with Crippen LogP contribution in [0.3, 0.4) is 0 Å². The molecule has 4 rings (SSSR count). The maximum atomic E-state index is 13.5. The number of carbonyl (C=O) groups excluding carboxylic acids is 2. The fourth-order valence-corrected chi connectivity index (χ4v) is 4.36. The topological polar surface area (TPSA) is 54.8 Å². The van der Waals surface area contributed by atoms with Crippen molar-refractivity contribution in [1.29, 1.82) is 0 Å². The minimum absolute atomic E-state index is 0.0588. The van der Waals surface area contributed by atoms with E-state index in [2.05, 4.69) is 9.47 Å². The van der Waals surface area contributed by atoms with E-state index in [9.17, 15) is 22.8 Å². The molecule has 0 atom stereocenters. The molecule has 1 aliphatic rings. The van der Waals surface area contributed by atoms with E-state index >= 15 is 0 Å². The van der Waals surface area contributed by atoms with E-state index in [4.69, 9.17) is 4.74 Å². The van der Waals surface area contributed by atoms with Crippen molar-refractivity contribution in [3.05, 3.63) is 65.4 Å². The Morgan fingerprint density at radius 1 is 1.00 bits per heavy atom. The van der Waals surface area contributed by atoms with Gasteiger partial charge in [-0.15, -0.1) is 0 Å². The molecule has 1 saturated heterocycles. The molecule has 34 heavy (non-hydrogen) atoms. The van der Waals surface area contributed by atoms with Crippen molar-refractivity contribution in [3.8, 4) is 0 Å². The van der Waals surface area contributed by atoms with Crippen molar-refractivity contribution in [2.24, 2.45) is 0 Å². The molecule has 1 aromatic heterocycles. The molecule has 2 heterocycles.